The first kappa shape index (κ1) is 9.02. The number of Topliss-reactive ketones (excluding diaryl/α,β-unsaturated/α-hetero) is 1. The second-order valence-electron chi connectivity index (χ2n) is 3.48. The molecule has 1 aromatic carbocycles. The van der Waals surface area contributed by atoms with Crippen molar-refractivity contribution < 1.29 is 20.1 Å². The van der Waals surface area contributed by atoms with Gasteiger partial charge in [0, 0.05) is 12.5 Å². The molecule has 0 bridgehead atoms. The van der Waals surface area contributed by atoms with Crippen molar-refractivity contribution in [2.24, 2.45) is 0 Å². The van der Waals surface area contributed by atoms with E-state index in [2.05, 4.69) is 0 Å². The molecule has 14 heavy (non-hydrogen) atoms. The van der Waals surface area contributed by atoms with E-state index >= 15 is 0 Å². The summed E-state index contributed by atoms with van der Waals surface area (Å²) in [5, 5.41) is 27.9. The van der Waals surface area contributed by atoms with E-state index in [9.17, 15) is 20.1 Å². The Morgan fingerprint density at radius 3 is 2.64 bits per heavy atom. The number of fused-ring (bicyclic) bond motifs is 1. The van der Waals surface area contributed by atoms with E-state index in [1.54, 1.807) is 0 Å². The third-order valence-electron chi connectivity index (χ3n) is 2.34. The Kier molecular flexibility index (Phi) is 1.93. The SMILES string of the molecule is O=C1C[C@H](O)Cc2cc(O)cc(O)c21. The molecule has 1 aliphatic rings. The van der Waals surface area contributed by atoms with Gasteiger partial charge < -0.3 is 15.3 Å². The fraction of sp³-hybridized carbons (Fsp3) is 0.300. The summed E-state index contributed by atoms with van der Waals surface area (Å²) in [5.41, 5.74) is 0.736. The molecule has 0 unspecified atom stereocenters. The third kappa shape index (κ3) is 1.33. The van der Waals surface area contributed by atoms with Gasteiger partial charge in [-0.05, 0) is 18.1 Å². The summed E-state index contributed by atoms with van der Waals surface area (Å²) >= 11 is 0. The van der Waals surface area contributed by atoms with E-state index in [0.29, 0.717) is 12.0 Å². The number of rotatable bonds is 0. The molecule has 1 aromatic rings. The Hall–Kier alpha value is -1.55. The third-order valence-corrected chi connectivity index (χ3v) is 2.34. The summed E-state index contributed by atoms with van der Waals surface area (Å²) in [6.07, 6.45) is -0.384. The first-order valence-electron chi connectivity index (χ1n) is 4.34. The van der Waals surface area contributed by atoms with Crippen molar-refractivity contribution in [3.8, 4) is 11.5 Å². The normalized spacial score (nSPS) is 20.6. The highest BCUT2D eigenvalue weighted by Gasteiger charge is 2.26. The first-order chi connectivity index (χ1) is 6.58. The van der Waals surface area contributed by atoms with E-state index in [-0.39, 0.29) is 29.3 Å². The van der Waals surface area contributed by atoms with E-state index in [0.717, 1.165) is 6.07 Å². The van der Waals surface area contributed by atoms with Crippen LogP contribution in [0.4, 0.5) is 0 Å². The number of aliphatic hydroxyl groups excluding tert-OH is 1. The van der Waals surface area contributed by atoms with Crippen molar-refractivity contribution >= 4 is 5.78 Å². The number of carbonyl (C=O) groups excluding carboxylic acids is 1. The lowest BCUT2D eigenvalue weighted by Gasteiger charge is -2.20. The van der Waals surface area contributed by atoms with E-state index < -0.39 is 6.10 Å². The number of aromatic hydroxyl groups is 2. The second-order valence-corrected chi connectivity index (χ2v) is 3.48. The number of hydrogen-bond acceptors (Lipinski definition) is 4. The van der Waals surface area contributed by atoms with Crippen LogP contribution in [0, 0.1) is 0 Å². The minimum absolute atomic E-state index is 0.0331. The summed E-state index contributed by atoms with van der Waals surface area (Å²) in [4.78, 5) is 11.4. The van der Waals surface area contributed by atoms with Crippen LogP contribution in [0.3, 0.4) is 0 Å². The number of ketones is 1. The summed E-state index contributed by atoms with van der Waals surface area (Å²) < 4.78 is 0. The molecule has 3 N–H and O–H groups in total. The summed E-state index contributed by atoms with van der Waals surface area (Å²) in [6, 6.07) is 2.53. The molecule has 4 nitrogen and oxygen atoms in total. The lowest BCUT2D eigenvalue weighted by atomic mass is 9.88. The van der Waals surface area contributed by atoms with Crippen LogP contribution in [0.2, 0.25) is 0 Å². The highest BCUT2D eigenvalue weighted by atomic mass is 16.3. The number of carbonyl (C=O) groups is 1. The molecule has 1 atom stereocenters. The topological polar surface area (TPSA) is 77.8 Å². The molecule has 1 aliphatic carbocycles. The second kappa shape index (κ2) is 2.99. The van der Waals surface area contributed by atoms with Crippen LogP contribution in [-0.4, -0.2) is 27.2 Å². The highest BCUT2D eigenvalue weighted by molar-refractivity contribution is 6.01. The summed E-state index contributed by atoms with van der Waals surface area (Å²) in [6.45, 7) is 0. The van der Waals surface area contributed by atoms with Gasteiger partial charge in [-0.3, -0.25) is 4.79 Å². The number of phenolic OH excluding ortho intramolecular Hbond substituents is 2. The molecule has 0 heterocycles. The summed E-state index contributed by atoms with van der Waals surface area (Å²) in [7, 11) is 0. The molecule has 0 radical (unpaired) electrons. The smallest absolute Gasteiger partial charge is 0.169 e. The molecule has 0 saturated heterocycles. The van der Waals surface area contributed by atoms with Gasteiger partial charge in [0.15, 0.2) is 5.78 Å². The maximum atomic E-state index is 11.4. The van der Waals surface area contributed by atoms with Crippen LogP contribution in [0.25, 0.3) is 0 Å². The molecular weight excluding hydrogens is 184 g/mol. The van der Waals surface area contributed by atoms with Gasteiger partial charge in [0.1, 0.15) is 11.5 Å². The minimum atomic E-state index is -0.712. The predicted molar refractivity (Wildman–Crippen MR) is 48.4 cm³/mol. The minimum Gasteiger partial charge on any atom is -0.508 e. The van der Waals surface area contributed by atoms with E-state index in [1.807, 2.05) is 0 Å². The van der Waals surface area contributed by atoms with Gasteiger partial charge in [-0.15, -0.1) is 0 Å². The maximum Gasteiger partial charge on any atom is 0.169 e. The fourth-order valence-electron chi connectivity index (χ4n) is 1.79. The molecule has 0 spiro atoms. The van der Waals surface area contributed by atoms with Crippen LogP contribution in [-0.2, 0) is 6.42 Å². The van der Waals surface area contributed by atoms with Crippen LogP contribution in [0.1, 0.15) is 22.3 Å². The Bertz CT molecular complexity index is 397. The lowest BCUT2D eigenvalue weighted by Crippen LogP contribution is -2.23. The molecule has 74 valence electrons. The zero-order chi connectivity index (χ0) is 10.3. The fourth-order valence-corrected chi connectivity index (χ4v) is 1.79. The molecule has 2 rings (SSSR count). The molecule has 4 heteroatoms. The van der Waals surface area contributed by atoms with Gasteiger partial charge in [-0.25, -0.2) is 0 Å². The van der Waals surface area contributed by atoms with Crippen molar-refractivity contribution in [3.05, 3.63) is 23.3 Å². The monoisotopic (exact) mass is 194 g/mol. The number of phenols is 2. The van der Waals surface area contributed by atoms with Crippen LogP contribution >= 0.6 is 0 Å². The van der Waals surface area contributed by atoms with Crippen molar-refractivity contribution in [3.63, 3.8) is 0 Å². The zero-order valence-electron chi connectivity index (χ0n) is 7.40. The standard InChI is InChI=1S/C10H10O4/c11-6-1-5-2-7(12)4-9(14)10(5)8(13)3-6/h1,3,7,11-13H,2,4H2/t7-/m1/s1. The largest absolute Gasteiger partial charge is 0.508 e. The first-order valence-corrected chi connectivity index (χ1v) is 4.34. The Labute approximate surface area is 80.4 Å². The molecule has 0 saturated carbocycles. The number of hydrogen-bond donors (Lipinski definition) is 3. The number of benzene rings is 1. The Morgan fingerprint density at radius 2 is 1.93 bits per heavy atom. The van der Waals surface area contributed by atoms with E-state index in [1.165, 1.54) is 6.07 Å². The van der Waals surface area contributed by atoms with Crippen molar-refractivity contribution in [1.82, 2.24) is 0 Å². The molecular formula is C10H10O4. The Morgan fingerprint density at radius 1 is 1.21 bits per heavy atom. The number of aliphatic hydroxyl groups is 1. The quantitative estimate of drug-likeness (QED) is 0.564. The average molecular weight is 194 g/mol. The van der Waals surface area contributed by atoms with Crippen LogP contribution in [0.15, 0.2) is 12.1 Å². The lowest BCUT2D eigenvalue weighted by molar-refractivity contribution is 0.0850. The van der Waals surface area contributed by atoms with Gasteiger partial charge in [-0.1, -0.05) is 0 Å². The summed E-state index contributed by atoms with van der Waals surface area (Å²) in [5.74, 6) is -0.587. The van der Waals surface area contributed by atoms with Gasteiger partial charge in [0.05, 0.1) is 11.7 Å². The average Bonchev–Trinajstić information content (AvgIpc) is 1.99. The Balaban J connectivity index is 2.59. The van der Waals surface area contributed by atoms with Gasteiger partial charge in [0.25, 0.3) is 0 Å². The van der Waals surface area contributed by atoms with Gasteiger partial charge in [-0.2, -0.15) is 0 Å². The zero-order valence-corrected chi connectivity index (χ0v) is 7.40. The van der Waals surface area contributed by atoms with Crippen LogP contribution in [0.5, 0.6) is 11.5 Å². The van der Waals surface area contributed by atoms with Crippen molar-refractivity contribution in [2.45, 2.75) is 18.9 Å². The maximum absolute atomic E-state index is 11.4. The van der Waals surface area contributed by atoms with Crippen molar-refractivity contribution in [2.75, 3.05) is 0 Å². The molecule has 0 fully saturated rings. The van der Waals surface area contributed by atoms with Crippen molar-refractivity contribution in [1.29, 1.82) is 0 Å². The molecule has 0 aliphatic heterocycles. The molecule has 0 amide bonds. The van der Waals surface area contributed by atoms with Crippen LogP contribution < -0.4 is 0 Å². The van der Waals surface area contributed by atoms with Gasteiger partial charge >= 0.3 is 0 Å². The van der Waals surface area contributed by atoms with E-state index in [4.69, 9.17) is 0 Å². The highest BCUT2D eigenvalue weighted by Crippen LogP contribution is 2.32. The predicted octanol–water partition coefficient (Wildman–Crippen LogP) is 0.588. The molecule has 0 aromatic heterocycles. The van der Waals surface area contributed by atoms with Gasteiger partial charge in [0.2, 0.25) is 0 Å².